The van der Waals surface area contributed by atoms with Gasteiger partial charge in [0.05, 0.1) is 5.56 Å². The summed E-state index contributed by atoms with van der Waals surface area (Å²) in [5.41, 5.74) is 1.40. The predicted molar refractivity (Wildman–Crippen MR) is 138 cm³/mol. The van der Waals surface area contributed by atoms with Crippen LogP contribution in [0.25, 0.3) is 0 Å². The lowest BCUT2D eigenvalue weighted by molar-refractivity contribution is 0.0950. The molecular formula is C24H33FIN5O. The highest BCUT2D eigenvalue weighted by molar-refractivity contribution is 14.0. The van der Waals surface area contributed by atoms with Crippen molar-refractivity contribution in [3.63, 3.8) is 0 Å². The molecular weight excluding hydrogens is 520 g/mol. The standard InChI is InChI=1S/C24H32FN5O.HI/c1-18-16-20(12-15-30(18)17-19-8-4-3-5-9-19)29-24(26-2)28-14-13-27-23(31)21-10-6-7-11-22(21)25;/h3-11,18,20H,12-17H2,1-2H3,(H,27,31)(H2,26,28,29);1H. The largest absolute Gasteiger partial charge is 0.355 e. The number of hydrogen-bond donors (Lipinski definition) is 3. The lowest BCUT2D eigenvalue weighted by Crippen LogP contribution is -2.52. The van der Waals surface area contributed by atoms with E-state index < -0.39 is 11.7 Å². The van der Waals surface area contributed by atoms with Crippen molar-refractivity contribution < 1.29 is 9.18 Å². The van der Waals surface area contributed by atoms with Crippen molar-refractivity contribution in [1.29, 1.82) is 0 Å². The molecule has 1 aliphatic rings. The summed E-state index contributed by atoms with van der Waals surface area (Å²) < 4.78 is 13.7. The van der Waals surface area contributed by atoms with E-state index in [1.165, 1.54) is 17.7 Å². The number of aliphatic imine (C=N–C) groups is 1. The summed E-state index contributed by atoms with van der Waals surface area (Å²) in [6, 6.07) is 17.4. The number of carbonyl (C=O) groups is 1. The fourth-order valence-corrected chi connectivity index (χ4v) is 3.89. The first-order valence-corrected chi connectivity index (χ1v) is 10.8. The molecule has 0 spiro atoms. The average molecular weight is 553 g/mol. The van der Waals surface area contributed by atoms with Crippen molar-refractivity contribution in [2.75, 3.05) is 26.7 Å². The van der Waals surface area contributed by atoms with Crippen molar-refractivity contribution in [1.82, 2.24) is 20.9 Å². The van der Waals surface area contributed by atoms with Gasteiger partial charge in [-0.05, 0) is 37.5 Å². The predicted octanol–water partition coefficient (Wildman–Crippen LogP) is 3.39. The molecule has 0 saturated carbocycles. The van der Waals surface area contributed by atoms with Crippen LogP contribution in [-0.2, 0) is 6.54 Å². The highest BCUT2D eigenvalue weighted by Crippen LogP contribution is 2.19. The third-order valence-electron chi connectivity index (χ3n) is 5.63. The quantitative estimate of drug-likeness (QED) is 0.213. The Morgan fingerprint density at radius 1 is 1.09 bits per heavy atom. The number of benzene rings is 2. The second-order valence-corrected chi connectivity index (χ2v) is 7.91. The summed E-state index contributed by atoms with van der Waals surface area (Å²) in [4.78, 5) is 18.9. The first kappa shape index (κ1) is 26.1. The van der Waals surface area contributed by atoms with E-state index in [4.69, 9.17) is 0 Å². The van der Waals surface area contributed by atoms with Crippen LogP contribution in [0.5, 0.6) is 0 Å². The van der Waals surface area contributed by atoms with Crippen LogP contribution in [0, 0.1) is 5.82 Å². The van der Waals surface area contributed by atoms with E-state index in [9.17, 15) is 9.18 Å². The van der Waals surface area contributed by atoms with Gasteiger partial charge in [-0.3, -0.25) is 14.7 Å². The van der Waals surface area contributed by atoms with Crippen molar-refractivity contribution in [3.8, 4) is 0 Å². The SMILES string of the molecule is CN=C(NCCNC(=O)c1ccccc1F)NC1CCN(Cc2ccccc2)C(C)C1.I. The zero-order valence-corrected chi connectivity index (χ0v) is 21.0. The molecule has 1 aliphatic heterocycles. The first-order chi connectivity index (χ1) is 15.1. The Morgan fingerprint density at radius 3 is 2.47 bits per heavy atom. The number of hydrogen-bond acceptors (Lipinski definition) is 3. The maximum atomic E-state index is 13.7. The van der Waals surface area contributed by atoms with E-state index in [0.717, 1.165) is 25.9 Å². The van der Waals surface area contributed by atoms with Crippen molar-refractivity contribution in [2.45, 2.75) is 38.4 Å². The molecule has 0 aromatic heterocycles. The van der Waals surface area contributed by atoms with Gasteiger partial charge in [0.15, 0.2) is 5.96 Å². The van der Waals surface area contributed by atoms with Gasteiger partial charge in [0.25, 0.3) is 5.91 Å². The summed E-state index contributed by atoms with van der Waals surface area (Å²) in [5, 5.41) is 9.44. The Morgan fingerprint density at radius 2 is 1.78 bits per heavy atom. The molecule has 3 rings (SSSR count). The number of rotatable bonds is 7. The monoisotopic (exact) mass is 553 g/mol. The van der Waals surface area contributed by atoms with Crippen LogP contribution < -0.4 is 16.0 Å². The van der Waals surface area contributed by atoms with E-state index in [-0.39, 0.29) is 29.5 Å². The minimum atomic E-state index is -0.516. The van der Waals surface area contributed by atoms with Gasteiger partial charge in [0, 0.05) is 45.3 Å². The number of amides is 1. The van der Waals surface area contributed by atoms with Crippen molar-refractivity contribution in [3.05, 3.63) is 71.5 Å². The molecule has 2 atom stereocenters. The molecule has 6 nitrogen and oxygen atoms in total. The van der Waals surface area contributed by atoms with Gasteiger partial charge >= 0.3 is 0 Å². The molecule has 0 aliphatic carbocycles. The van der Waals surface area contributed by atoms with Gasteiger partial charge in [-0.15, -0.1) is 24.0 Å². The summed E-state index contributed by atoms with van der Waals surface area (Å²) in [6.07, 6.45) is 2.08. The van der Waals surface area contributed by atoms with E-state index >= 15 is 0 Å². The second-order valence-electron chi connectivity index (χ2n) is 7.91. The first-order valence-electron chi connectivity index (χ1n) is 10.8. The lowest BCUT2D eigenvalue weighted by atomic mass is 9.97. The Kier molecular flexibility index (Phi) is 10.9. The van der Waals surface area contributed by atoms with Gasteiger partial charge in [-0.25, -0.2) is 4.39 Å². The highest BCUT2D eigenvalue weighted by Gasteiger charge is 2.25. The fourth-order valence-electron chi connectivity index (χ4n) is 3.89. The molecule has 0 bridgehead atoms. The van der Waals surface area contributed by atoms with Gasteiger partial charge in [-0.1, -0.05) is 42.5 Å². The molecule has 32 heavy (non-hydrogen) atoms. The molecule has 174 valence electrons. The van der Waals surface area contributed by atoms with Crippen LogP contribution in [-0.4, -0.2) is 55.5 Å². The number of guanidine groups is 1. The van der Waals surface area contributed by atoms with Crippen LogP contribution in [0.3, 0.4) is 0 Å². The zero-order valence-electron chi connectivity index (χ0n) is 18.7. The topological polar surface area (TPSA) is 68.8 Å². The minimum absolute atomic E-state index is 0. The summed E-state index contributed by atoms with van der Waals surface area (Å²) in [6.45, 7) is 5.15. The van der Waals surface area contributed by atoms with Gasteiger partial charge in [0.2, 0.25) is 0 Å². The number of carbonyl (C=O) groups excluding carboxylic acids is 1. The van der Waals surface area contributed by atoms with E-state index in [2.05, 4.69) is 57.0 Å². The van der Waals surface area contributed by atoms with Gasteiger partial charge in [0.1, 0.15) is 5.82 Å². The number of nitrogens with zero attached hydrogens (tertiary/aromatic N) is 2. The Labute approximate surface area is 207 Å². The number of piperidine rings is 1. The molecule has 1 amide bonds. The van der Waals surface area contributed by atoms with Crippen LogP contribution in [0.15, 0.2) is 59.6 Å². The zero-order chi connectivity index (χ0) is 22.1. The van der Waals surface area contributed by atoms with Crippen molar-refractivity contribution in [2.24, 2.45) is 4.99 Å². The highest BCUT2D eigenvalue weighted by atomic mass is 127. The van der Waals surface area contributed by atoms with E-state index in [1.807, 2.05) is 6.07 Å². The third-order valence-corrected chi connectivity index (χ3v) is 5.63. The second kappa shape index (κ2) is 13.4. The molecule has 2 aromatic carbocycles. The average Bonchev–Trinajstić information content (AvgIpc) is 2.78. The molecule has 1 heterocycles. The molecule has 0 radical (unpaired) electrons. The number of nitrogens with one attached hydrogen (secondary N) is 3. The fraction of sp³-hybridized carbons (Fsp3) is 0.417. The molecule has 8 heteroatoms. The maximum absolute atomic E-state index is 13.7. The summed E-state index contributed by atoms with van der Waals surface area (Å²) in [5.74, 6) is -0.213. The van der Waals surface area contributed by atoms with Crippen LogP contribution in [0.4, 0.5) is 4.39 Å². The molecule has 1 saturated heterocycles. The number of likely N-dealkylation sites (tertiary alicyclic amines) is 1. The molecule has 2 aromatic rings. The normalized spacial score (nSPS) is 19.0. The Hall–Kier alpha value is -2.20. The molecule has 1 fully saturated rings. The Bertz CT molecular complexity index is 880. The summed E-state index contributed by atoms with van der Waals surface area (Å²) in [7, 11) is 1.74. The van der Waals surface area contributed by atoms with E-state index in [0.29, 0.717) is 31.1 Å². The lowest BCUT2D eigenvalue weighted by Gasteiger charge is -2.38. The summed E-state index contributed by atoms with van der Waals surface area (Å²) >= 11 is 0. The minimum Gasteiger partial charge on any atom is -0.355 e. The molecule has 3 N–H and O–H groups in total. The van der Waals surface area contributed by atoms with Crippen LogP contribution in [0.1, 0.15) is 35.7 Å². The van der Waals surface area contributed by atoms with Gasteiger partial charge < -0.3 is 16.0 Å². The van der Waals surface area contributed by atoms with Crippen LogP contribution in [0.2, 0.25) is 0 Å². The third kappa shape index (κ3) is 7.74. The Balaban J connectivity index is 0.00000363. The maximum Gasteiger partial charge on any atom is 0.254 e. The van der Waals surface area contributed by atoms with Crippen molar-refractivity contribution >= 4 is 35.8 Å². The smallest absolute Gasteiger partial charge is 0.254 e. The van der Waals surface area contributed by atoms with Crippen LogP contribution >= 0.6 is 24.0 Å². The molecule has 2 unspecified atom stereocenters. The van der Waals surface area contributed by atoms with E-state index in [1.54, 1.807) is 19.2 Å². The number of halogens is 2. The van der Waals surface area contributed by atoms with Gasteiger partial charge in [-0.2, -0.15) is 0 Å².